The molecule has 0 heterocycles. The van der Waals surface area contributed by atoms with Crippen LogP contribution in [0.3, 0.4) is 0 Å². The van der Waals surface area contributed by atoms with Crippen LogP contribution in [0.4, 0.5) is 0 Å². The number of hydrogen-bond donors (Lipinski definition) is 2. The molecule has 1 aliphatic carbocycles. The highest BCUT2D eigenvalue weighted by Crippen LogP contribution is 2.32. The molecule has 0 radical (unpaired) electrons. The zero-order chi connectivity index (χ0) is 16.5. The van der Waals surface area contributed by atoms with Crippen LogP contribution < -0.4 is 20.1 Å². The second kappa shape index (κ2) is 9.28. The number of benzene rings is 1. The van der Waals surface area contributed by atoms with Crippen LogP contribution in [-0.2, 0) is 6.54 Å². The summed E-state index contributed by atoms with van der Waals surface area (Å²) in [5.41, 5.74) is 1.12. The van der Waals surface area contributed by atoms with Gasteiger partial charge < -0.3 is 20.1 Å². The van der Waals surface area contributed by atoms with Gasteiger partial charge >= 0.3 is 0 Å². The Morgan fingerprint density at radius 2 is 1.83 bits per heavy atom. The zero-order valence-corrected chi connectivity index (χ0v) is 14.5. The molecule has 0 saturated heterocycles. The average molecular weight is 319 g/mol. The Labute approximate surface area is 139 Å². The van der Waals surface area contributed by atoms with Crippen molar-refractivity contribution < 1.29 is 9.47 Å². The molecule has 0 atom stereocenters. The quantitative estimate of drug-likeness (QED) is 0.599. The highest BCUT2D eigenvalue weighted by molar-refractivity contribution is 5.79. The van der Waals surface area contributed by atoms with Crippen LogP contribution in [-0.4, -0.2) is 32.3 Å². The van der Waals surface area contributed by atoms with Gasteiger partial charge in [0.25, 0.3) is 0 Å². The molecule has 0 aliphatic heterocycles. The summed E-state index contributed by atoms with van der Waals surface area (Å²) in [5, 5.41) is 6.47. The second-order valence-corrected chi connectivity index (χ2v) is 5.74. The minimum Gasteiger partial charge on any atom is -0.493 e. The van der Waals surface area contributed by atoms with Crippen molar-refractivity contribution in [3.63, 3.8) is 0 Å². The number of nitrogens with one attached hydrogen (secondary N) is 2. The number of nitrogens with zero attached hydrogens (tertiary/aromatic N) is 1. The van der Waals surface area contributed by atoms with E-state index in [9.17, 15) is 0 Å². The van der Waals surface area contributed by atoms with E-state index in [0.29, 0.717) is 12.6 Å². The van der Waals surface area contributed by atoms with Gasteiger partial charge in [0.2, 0.25) is 0 Å². The predicted octanol–water partition coefficient (Wildman–Crippen LogP) is 3.09. The van der Waals surface area contributed by atoms with Crippen molar-refractivity contribution in [3.05, 3.63) is 23.8 Å². The van der Waals surface area contributed by atoms with Gasteiger partial charge in [-0.1, -0.05) is 6.07 Å². The van der Waals surface area contributed by atoms with E-state index in [4.69, 9.17) is 9.47 Å². The fraction of sp³-hybridized carbons (Fsp3) is 0.611. The average Bonchev–Trinajstić information content (AvgIpc) is 3.06. The highest BCUT2D eigenvalue weighted by Gasteiger charge is 2.18. The SMILES string of the molecule is CCNC(=NCc1ccc(OC)c(OC2CCCC2)c1)NCC. The molecule has 0 spiro atoms. The summed E-state index contributed by atoms with van der Waals surface area (Å²) in [7, 11) is 1.68. The summed E-state index contributed by atoms with van der Waals surface area (Å²) >= 11 is 0. The van der Waals surface area contributed by atoms with Gasteiger partial charge in [0, 0.05) is 13.1 Å². The minimum atomic E-state index is 0.321. The summed E-state index contributed by atoms with van der Waals surface area (Å²) in [6.45, 7) is 6.44. The van der Waals surface area contributed by atoms with Gasteiger partial charge in [-0.15, -0.1) is 0 Å². The fourth-order valence-electron chi connectivity index (χ4n) is 2.78. The normalized spacial score (nSPS) is 14.4. The second-order valence-electron chi connectivity index (χ2n) is 5.74. The van der Waals surface area contributed by atoms with E-state index in [0.717, 1.165) is 49.0 Å². The summed E-state index contributed by atoms with van der Waals surface area (Å²) in [6.07, 6.45) is 5.10. The summed E-state index contributed by atoms with van der Waals surface area (Å²) in [4.78, 5) is 4.60. The first-order valence-electron chi connectivity index (χ1n) is 8.62. The lowest BCUT2D eigenvalue weighted by atomic mass is 10.2. The lowest BCUT2D eigenvalue weighted by Crippen LogP contribution is -2.36. The number of methoxy groups -OCH3 is 1. The first kappa shape index (κ1) is 17.4. The van der Waals surface area contributed by atoms with Crippen molar-refractivity contribution in [2.45, 2.75) is 52.2 Å². The first-order chi connectivity index (χ1) is 11.3. The third-order valence-electron chi connectivity index (χ3n) is 3.93. The van der Waals surface area contributed by atoms with Gasteiger partial charge in [0.15, 0.2) is 17.5 Å². The Bertz CT molecular complexity index is 503. The molecule has 1 aliphatic rings. The molecule has 2 rings (SSSR count). The maximum absolute atomic E-state index is 6.14. The van der Waals surface area contributed by atoms with Crippen molar-refractivity contribution in [1.29, 1.82) is 0 Å². The molecule has 1 saturated carbocycles. The number of guanidine groups is 1. The number of hydrogen-bond acceptors (Lipinski definition) is 3. The third kappa shape index (κ3) is 5.34. The van der Waals surface area contributed by atoms with E-state index < -0.39 is 0 Å². The molecular weight excluding hydrogens is 290 g/mol. The van der Waals surface area contributed by atoms with E-state index in [1.54, 1.807) is 7.11 Å². The van der Waals surface area contributed by atoms with Crippen LogP contribution in [0.5, 0.6) is 11.5 Å². The first-order valence-corrected chi connectivity index (χ1v) is 8.62. The molecule has 1 fully saturated rings. The van der Waals surface area contributed by atoms with Crippen molar-refractivity contribution in [2.24, 2.45) is 4.99 Å². The van der Waals surface area contributed by atoms with Gasteiger partial charge in [-0.3, -0.25) is 0 Å². The van der Waals surface area contributed by atoms with Crippen molar-refractivity contribution in [2.75, 3.05) is 20.2 Å². The molecule has 0 amide bonds. The van der Waals surface area contributed by atoms with Crippen molar-refractivity contribution in [1.82, 2.24) is 10.6 Å². The largest absolute Gasteiger partial charge is 0.493 e. The van der Waals surface area contributed by atoms with E-state index in [-0.39, 0.29) is 0 Å². The summed E-state index contributed by atoms with van der Waals surface area (Å²) < 4.78 is 11.6. The van der Waals surface area contributed by atoms with Crippen LogP contribution in [0.25, 0.3) is 0 Å². The van der Waals surface area contributed by atoms with Crippen molar-refractivity contribution >= 4 is 5.96 Å². The van der Waals surface area contributed by atoms with Crippen molar-refractivity contribution in [3.8, 4) is 11.5 Å². The summed E-state index contributed by atoms with van der Waals surface area (Å²) in [6, 6.07) is 6.06. The van der Waals surface area contributed by atoms with Gasteiger partial charge in [-0.05, 0) is 57.2 Å². The van der Waals surface area contributed by atoms with Gasteiger partial charge in [0.1, 0.15) is 0 Å². The minimum absolute atomic E-state index is 0.321. The monoisotopic (exact) mass is 319 g/mol. The van der Waals surface area contributed by atoms with Crippen LogP contribution in [0, 0.1) is 0 Å². The Morgan fingerprint density at radius 1 is 1.13 bits per heavy atom. The molecule has 23 heavy (non-hydrogen) atoms. The molecule has 2 N–H and O–H groups in total. The maximum atomic E-state index is 6.14. The third-order valence-corrected chi connectivity index (χ3v) is 3.93. The fourth-order valence-corrected chi connectivity index (χ4v) is 2.78. The lowest BCUT2D eigenvalue weighted by Gasteiger charge is -2.16. The van der Waals surface area contributed by atoms with Gasteiger partial charge in [0.05, 0.1) is 19.8 Å². The lowest BCUT2D eigenvalue weighted by molar-refractivity contribution is 0.200. The Balaban J connectivity index is 2.07. The molecule has 0 bridgehead atoms. The maximum Gasteiger partial charge on any atom is 0.191 e. The Kier molecular flexibility index (Phi) is 7.04. The standard InChI is InChI=1S/C18H29N3O2/c1-4-19-18(20-5-2)21-13-14-10-11-16(22-3)17(12-14)23-15-8-6-7-9-15/h10-12,15H,4-9,13H2,1-3H3,(H2,19,20,21). The molecule has 1 aromatic carbocycles. The van der Waals surface area contributed by atoms with E-state index in [1.807, 2.05) is 12.1 Å². The van der Waals surface area contributed by atoms with Crippen LogP contribution >= 0.6 is 0 Å². The Hall–Kier alpha value is -1.91. The molecule has 0 aromatic heterocycles. The smallest absolute Gasteiger partial charge is 0.191 e. The van der Waals surface area contributed by atoms with Crippen LogP contribution in [0.1, 0.15) is 45.1 Å². The molecule has 1 aromatic rings. The topological polar surface area (TPSA) is 54.9 Å². The predicted molar refractivity (Wildman–Crippen MR) is 94.4 cm³/mol. The van der Waals surface area contributed by atoms with Gasteiger partial charge in [-0.2, -0.15) is 0 Å². The Morgan fingerprint density at radius 3 is 2.43 bits per heavy atom. The van der Waals surface area contributed by atoms with E-state index >= 15 is 0 Å². The van der Waals surface area contributed by atoms with E-state index in [1.165, 1.54) is 12.8 Å². The molecule has 5 heteroatoms. The number of rotatable bonds is 7. The van der Waals surface area contributed by atoms with Crippen LogP contribution in [0.15, 0.2) is 23.2 Å². The summed E-state index contributed by atoms with van der Waals surface area (Å²) in [5.74, 6) is 2.47. The molecule has 0 unspecified atom stereocenters. The molecule has 5 nitrogen and oxygen atoms in total. The number of aliphatic imine (C=N–C) groups is 1. The van der Waals surface area contributed by atoms with Gasteiger partial charge in [-0.25, -0.2) is 4.99 Å². The van der Waals surface area contributed by atoms with Crippen LogP contribution in [0.2, 0.25) is 0 Å². The number of ether oxygens (including phenoxy) is 2. The molecule has 128 valence electrons. The zero-order valence-electron chi connectivity index (χ0n) is 14.5. The molecular formula is C18H29N3O2. The van der Waals surface area contributed by atoms with E-state index in [2.05, 4.69) is 35.5 Å². The highest BCUT2D eigenvalue weighted by atomic mass is 16.5.